The summed E-state index contributed by atoms with van der Waals surface area (Å²) < 4.78 is 17.2. The molecule has 0 atom stereocenters. The van der Waals surface area contributed by atoms with Gasteiger partial charge in [-0.1, -0.05) is 18.2 Å². The molecule has 0 unspecified atom stereocenters. The van der Waals surface area contributed by atoms with E-state index in [-0.39, 0.29) is 5.82 Å². The first-order chi connectivity index (χ1) is 13.0. The molecular weight excluding hydrogens is 335 g/mol. The molecule has 0 bridgehead atoms. The van der Waals surface area contributed by atoms with Gasteiger partial charge in [0.15, 0.2) is 6.20 Å². The van der Waals surface area contributed by atoms with E-state index in [4.69, 9.17) is 0 Å². The first-order valence-corrected chi connectivity index (χ1v) is 9.07. The standard InChI is InChI=1S/C24H22FN2/c1-15-12-16(2)23(25)22(17(15)3)24-21-8-7-18(20-6-5-10-26-14-20)13-19(21)9-11-27(24)4/h5-14H,1-4H3/q+1. The molecule has 0 saturated carbocycles. The van der Waals surface area contributed by atoms with E-state index < -0.39 is 0 Å². The zero-order valence-electron chi connectivity index (χ0n) is 16.0. The SMILES string of the molecule is Cc1cc(C)c(F)c(-c2c3ccc(-c4cccnc4)cc3cc[n+]2C)c1C. The molecule has 4 rings (SSSR count). The van der Waals surface area contributed by atoms with Gasteiger partial charge in [-0.3, -0.25) is 4.98 Å². The number of halogens is 1. The molecule has 27 heavy (non-hydrogen) atoms. The molecule has 2 heterocycles. The van der Waals surface area contributed by atoms with Crippen LogP contribution in [0.5, 0.6) is 0 Å². The number of hydrogen-bond acceptors (Lipinski definition) is 1. The van der Waals surface area contributed by atoms with Crippen LogP contribution in [0.25, 0.3) is 33.2 Å². The van der Waals surface area contributed by atoms with E-state index in [1.807, 2.05) is 63.0 Å². The minimum atomic E-state index is -0.141. The van der Waals surface area contributed by atoms with Gasteiger partial charge in [0.2, 0.25) is 5.69 Å². The second kappa shape index (κ2) is 6.58. The van der Waals surface area contributed by atoms with Gasteiger partial charge in [0.1, 0.15) is 12.9 Å². The van der Waals surface area contributed by atoms with Gasteiger partial charge in [0.25, 0.3) is 0 Å². The Kier molecular flexibility index (Phi) is 4.23. The van der Waals surface area contributed by atoms with Gasteiger partial charge in [0, 0.05) is 24.0 Å². The molecule has 0 aliphatic carbocycles. The number of aryl methyl sites for hydroxylation is 3. The smallest absolute Gasteiger partial charge is 0.223 e. The Labute approximate surface area is 159 Å². The summed E-state index contributed by atoms with van der Waals surface area (Å²) in [4.78, 5) is 4.21. The minimum Gasteiger partial charge on any atom is -0.264 e. The van der Waals surface area contributed by atoms with Crippen molar-refractivity contribution < 1.29 is 8.96 Å². The van der Waals surface area contributed by atoms with Crippen LogP contribution >= 0.6 is 0 Å². The summed E-state index contributed by atoms with van der Waals surface area (Å²) in [6.07, 6.45) is 5.63. The maximum Gasteiger partial charge on any atom is 0.223 e. The molecule has 0 fully saturated rings. The topological polar surface area (TPSA) is 16.8 Å². The second-order valence-corrected chi connectivity index (χ2v) is 7.14. The highest BCUT2D eigenvalue weighted by atomic mass is 19.1. The Morgan fingerprint density at radius 2 is 1.74 bits per heavy atom. The van der Waals surface area contributed by atoms with E-state index in [1.54, 1.807) is 6.20 Å². The molecule has 0 N–H and O–H groups in total. The van der Waals surface area contributed by atoms with Crippen molar-refractivity contribution in [2.75, 3.05) is 0 Å². The summed E-state index contributed by atoms with van der Waals surface area (Å²) >= 11 is 0. The quantitative estimate of drug-likeness (QED) is 0.435. The van der Waals surface area contributed by atoms with Gasteiger partial charge in [-0.2, -0.15) is 0 Å². The van der Waals surface area contributed by atoms with Gasteiger partial charge in [-0.15, -0.1) is 0 Å². The van der Waals surface area contributed by atoms with Crippen molar-refractivity contribution in [1.29, 1.82) is 0 Å². The predicted molar refractivity (Wildman–Crippen MR) is 108 cm³/mol. The number of pyridine rings is 2. The predicted octanol–water partition coefficient (Wildman–Crippen LogP) is 5.46. The zero-order valence-corrected chi connectivity index (χ0v) is 16.0. The van der Waals surface area contributed by atoms with Gasteiger partial charge >= 0.3 is 0 Å². The summed E-state index contributed by atoms with van der Waals surface area (Å²) in [6.45, 7) is 5.86. The van der Waals surface area contributed by atoms with Crippen molar-refractivity contribution in [2.24, 2.45) is 7.05 Å². The molecule has 3 heteroatoms. The van der Waals surface area contributed by atoms with E-state index in [0.717, 1.165) is 38.7 Å². The molecule has 0 amide bonds. The largest absolute Gasteiger partial charge is 0.264 e. The molecule has 2 aromatic carbocycles. The lowest BCUT2D eigenvalue weighted by Gasteiger charge is -2.13. The van der Waals surface area contributed by atoms with Crippen LogP contribution in [0.2, 0.25) is 0 Å². The van der Waals surface area contributed by atoms with Crippen LogP contribution in [-0.4, -0.2) is 4.98 Å². The maximum atomic E-state index is 15.2. The average Bonchev–Trinajstić information content (AvgIpc) is 2.68. The first kappa shape index (κ1) is 17.3. The van der Waals surface area contributed by atoms with E-state index in [2.05, 4.69) is 29.2 Å². The van der Waals surface area contributed by atoms with Gasteiger partial charge in [-0.25, -0.2) is 8.96 Å². The van der Waals surface area contributed by atoms with Crippen LogP contribution in [-0.2, 0) is 7.05 Å². The Bertz CT molecular complexity index is 1140. The number of benzene rings is 2. The van der Waals surface area contributed by atoms with Crippen molar-refractivity contribution in [3.8, 4) is 22.4 Å². The van der Waals surface area contributed by atoms with Gasteiger partial charge < -0.3 is 0 Å². The number of nitrogens with zero attached hydrogens (tertiary/aromatic N) is 2. The third kappa shape index (κ3) is 2.89. The summed E-state index contributed by atoms with van der Waals surface area (Å²) in [5.74, 6) is -0.141. The first-order valence-electron chi connectivity index (χ1n) is 9.07. The van der Waals surface area contributed by atoms with Crippen LogP contribution in [0.15, 0.2) is 61.1 Å². The highest BCUT2D eigenvalue weighted by Crippen LogP contribution is 2.34. The van der Waals surface area contributed by atoms with Crippen LogP contribution < -0.4 is 4.57 Å². The third-order valence-corrected chi connectivity index (χ3v) is 5.33. The number of aromatic nitrogens is 2. The normalized spacial score (nSPS) is 11.1. The summed E-state index contributed by atoms with van der Waals surface area (Å²) in [7, 11) is 1.97. The molecule has 0 radical (unpaired) electrons. The van der Waals surface area contributed by atoms with E-state index in [1.165, 1.54) is 0 Å². The van der Waals surface area contributed by atoms with Crippen LogP contribution in [0.4, 0.5) is 4.39 Å². The Morgan fingerprint density at radius 3 is 2.48 bits per heavy atom. The van der Waals surface area contributed by atoms with E-state index in [9.17, 15) is 0 Å². The molecule has 134 valence electrons. The second-order valence-electron chi connectivity index (χ2n) is 7.14. The van der Waals surface area contributed by atoms with Crippen LogP contribution in [0, 0.1) is 26.6 Å². The highest BCUT2D eigenvalue weighted by molar-refractivity contribution is 5.96. The Hall–Kier alpha value is -3.07. The fourth-order valence-corrected chi connectivity index (χ4v) is 3.73. The zero-order chi connectivity index (χ0) is 19.1. The summed E-state index contributed by atoms with van der Waals surface area (Å²) in [5.41, 5.74) is 6.54. The molecule has 0 spiro atoms. The monoisotopic (exact) mass is 357 g/mol. The third-order valence-electron chi connectivity index (χ3n) is 5.33. The fraction of sp³-hybridized carbons (Fsp3) is 0.167. The number of hydrogen-bond donors (Lipinski definition) is 0. The average molecular weight is 357 g/mol. The number of fused-ring (bicyclic) bond motifs is 1. The lowest BCUT2D eigenvalue weighted by molar-refractivity contribution is -0.659. The summed E-state index contributed by atoms with van der Waals surface area (Å²) in [5, 5.41) is 2.13. The van der Waals surface area contributed by atoms with Gasteiger partial charge in [0.05, 0.1) is 10.9 Å². The lowest BCUT2D eigenvalue weighted by atomic mass is 9.93. The molecule has 2 aromatic heterocycles. The Balaban J connectivity index is 2.02. The van der Waals surface area contributed by atoms with Crippen molar-refractivity contribution in [2.45, 2.75) is 20.8 Å². The highest BCUT2D eigenvalue weighted by Gasteiger charge is 2.23. The molecular formula is C24H22FN2+. The molecule has 0 aliphatic rings. The lowest BCUT2D eigenvalue weighted by Crippen LogP contribution is -2.31. The van der Waals surface area contributed by atoms with E-state index >= 15 is 4.39 Å². The van der Waals surface area contributed by atoms with Gasteiger partial charge in [-0.05, 0) is 66.6 Å². The van der Waals surface area contributed by atoms with Crippen molar-refractivity contribution in [3.05, 3.63) is 83.6 Å². The maximum absolute atomic E-state index is 15.2. The molecule has 2 nitrogen and oxygen atoms in total. The minimum absolute atomic E-state index is 0.141. The molecule has 0 saturated heterocycles. The fourth-order valence-electron chi connectivity index (χ4n) is 3.73. The number of rotatable bonds is 2. The van der Waals surface area contributed by atoms with Crippen molar-refractivity contribution in [3.63, 3.8) is 0 Å². The van der Waals surface area contributed by atoms with Crippen LogP contribution in [0.3, 0.4) is 0 Å². The summed E-state index contributed by atoms with van der Waals surface area (Å²) in [6, 6.07) is 14.3. The Morgan fingerprint density at radius 1 is 0.926 bits per heavy atom. The molecule has 4 aromatic rings. The van der Waals surface area contributed by atoms with Crippen molar-refractivity contribution in [1.82, 2.24) is 4.98 Å². The van der Waals surface area contributed by atoms with Crippen LogP contribution in [0.1, 0.15) is 16.7 Å². The molecule has 0 aliphatic heterocycles. The van der Waals surface area contributed by atoms with E-state index in [0.29, 0.717) is 11.1 Å². The van der Waals surface area contributed by atoms with Crippen molar-refractivity contribution >= 4 is 10.8 Å².